The van der Waals surface area contributed by atoms with Gasteiger partial charge in [-0.2, -0.15) is 0 Å². The molecule has 1 aromatic carbocycles. The Labute approximate surface area is 195 Å². The Hall–Kier alpha value is -3.22. The molecule has 0 unspecified atom stereocenters. The number of pyridine rings is 1. The lowest BCUT2D eigenvalue weighted by Crippen LogP contribution is -2.28. The highest BCUT2D eigenvalue weighted by Gasteiger charge is 2.16. The van der Waals surface area contributed by atoms with Crippen molar-refractivity contribution in [1.82, 2.24) is 9.47 Å². The summed E-state index contributed by atoms with van der Waals surface area (Å²) in [4.78, 5) is 23.8. The van der Waals surface area contributed by atoms with Crippen molar-refractivity contribution in [2.24, 2.45) is 17.0 Å². The third-order valence-electron chi connectivity index (χ3n) is 5.97. The molecule has 2 heterocycles. The summed E-state index contributed by atoms with van der Waals surface area (Å²) in [6, 6.07) is 5.04. The largest absolute Gasteiger partial charge is 0.370 e. The number of fused-ring (bicyclic) bond motifs is 1. The average molecular weight is 452 g/mol. The quantitative estimate of drug-likeness (QED) is 0.339. The third-order valence-corrected chi connectivity index (χ3v) is 5.97. The summed E-state index contributed by atoms with van der Waals surface area (Å²) in [5.41, 5.74) is 2.81. The maximum Gasteiger partial charge on any atom is 0.274 e. The second-order valence-corrected chi connectivity index (χ2v) is 8.23. The van der Waals surface area contributed by atoms with E-state index in [9.17, 15) is 4.79 Å². The number of hydrogen-bond acceptors (Lipinski definition) is 4. The first-order chi connectivity index (χ1) is 16.0. The van der Waals surface area contributed by atoms with Gasteiger partial charge in [0.25, 0.3) is 5.56 Å². The van der Waals surface area contributed by atoms with Crippen LogP contribution in [-0.2, 0) is 7.05 Å². The Morgan fingerprint density at radius 2 is 2.00 bits per heavy atom. The number of nitrogens with one attached hydrogen (secondary N) is 1. The molecular formula is C26H34FN5O. The van der Waals surface area contributed by atoms with E-state index in [-0.39, 0.29) is 17.1 Å². The number of rotatable bonds is 8. The lowest BCUT2D eigenvalue weighted by molar-refractivity contribution is 0.292. The van der Waals surface area contributed by atoms with Crippen LogP contribution in [0.5, 0.6) is 0 Å². The molecule has 1 fully saturated rings. The normalized spacial score (nSPS) is 15.8. The zero-order valence-electron chi connectivity index (χ0n) is 20.1. The van der Waals surface area contributed by atoms with Crippen molar-refractivity contribution in [3.05, 3.63) is 64.0 Å². The van der Waals surface area contributed by atoms with Gasteiger partial charge in [-0.05, 0) is 56.9 Å². The van der Waals surface area contributed by atoms with Crippen LogP contribution < -0.4 is 10.9 Å². The predicted octanol–water partition coefficient (Wildman–Crippen LogP) is 5.24. The van der Waals surface area contributed by atoms with E-state index in [1.807, 2.05) is 26.0 Å². The van der Waals surface area contributed by atoms with Crippen LogP contribution in [0.3, 0.4) is 0 Å². The van der Waals surface area contributed by atoms with Gasteiger partial charge in [-0.25, -0.2) is 9.38 Å². The molecule has 0 atom stereocenters. The fourth-order valence-corrected chi connectivity index (χ4v) is 4.21. The highest BCUT2D eigenvalue weighted by molar-refractivity contribution is 6.04. The molecule has 0 bridgehead atoms. The topological polar surface area (TPSA) is 62.0 Å². The number of anilines is 1. The van der Waals surface area contributed by atoms with Crippen molar-refractivity contribution in [3.8, 4) is 0 Å². The third kappa shape index (κ3) is 5.59. The number of hydrogen-bond donors (Lipinski definition) is 1. The summed E-state index contributed by atoms with van der Waals surface area (Å²) < 4.78 is 16.9. The molecule has 0 radical (unpaired) electrons. The van der Waals surface area contributed by atoms with Crippen LogP contribution in [0.1, 0.15) is 51.5 Å². The Bertz CT molecular complexity index is 1150. The molecule has 6 nitrogen and oxygen atoms in total. The summed E-state index contributed by atoms with van der Waals surface area (Å²) in [7, 11) is 3.32. The van der Waals surface area contributed by atoms with Gasteiger partial charge in [0.05, 0.1) is 23.8 Å². The molecule has 0 amide bonds. The molecule has 1 aliphatic heterocycles. The molecule has 0 aliphatic carbocycles. The van der Waals surface area contributed by atoms with Crippen LogP contribution in [0, 0.1) is 5.82 Å². The van der Waals surface area contributed by atoms with Crippen LogP contribution in [0.2, 0.25) is 0 Å². The second-order valence-electron chi connectivity index (χ2n) is 8.23. The minimum Gasteiger partial charge on any atom is -0.370 e. The van der Waals surface area contributed by atoms with Crippen molar-refractivity contribution in [3.63, 3.8) is 0 Å². The number of aliphatic imine (C=N–C) groups is 2. The lowest BCUT2D eigenvalue weighted by atomic mass is 10.0. The summed E-state index contributed by atoms with van der Waals surface area (Å²) >= 11 is 0. The first-order valence-electron chi connectivity index (χ1n) is 11.7. The number of allylic oxidation sites excluding steroid dienone is 2. The Morgan fingerprint density at radius 1 is 1.24 bits per heavy atom. The number of benzene rings is 1. The Kier molecular flexibility index (Phi) is 8.58. The minimum absolute atomic E-state index is 0.243. The number of piperidine rings is 1. The highest BCUT2D eigenvalue weighted by atomic mass is 19.1. The molecule has 1 aromatic heterocycles. The van der Waals surface area contributed by atoms with Crippen LogP contribution in [-0.4, -0.2) is 41.7 Å². The van der Waals surface area contributed by atoms with E-state index < -0.39 is 0 Å². The average Bonchev–Trinajstić information content (AvgIpc) is 2.83. The molecule has 0 spiro atoms. The van der Waals surface area contributed by atoms with Gasteiger partial charge in [-0.3, -0.25) is 9.79 Å². The number of aromatic nitrogens is 1. The smallest absolute Gasteiger partial charge is 0.274 e. The fourth-order valence-electron chi connectivity index (χ4n) is 4.21. The van der Waals surface area contributed by atoms with Gasteiger partial charge in [0.1, 0.15) is 11.5 Å². The summed E-state index contributed by atoms with van der Waals surface area (Å²) in [6.07, 6.45) is 12.5. The molecule has 1 aliphatic rings. The lowest BCUT2D eigenvalue weighted by Gasteiger charge is -2.29. The molecule has 0 saturated carbocycles. The molecule has 2 aromatic rings. The summed E-state index contributed by atoms with van der Waals surface area (Å²) in [5.74, 6) is -0.363. The van der Waals surface area contributed by atoms with Gasteiger partial charge in [-0.15, -0.1) is 0 Å². The van der Waals surface area contributed by atoms with Gasteiger partial charge in [0, 0.05) is 43.8 Å². The maximum absolute atomic E-state index is 15.4. The fraction of sp³-hybridized carbons (Fsp3) is 0.423. The van der Waals surface area contributed by atoms with E-state index in [0.29, 0.717) is 22.9 Å². The van der Waals surface area contributed by atoms with Crippen molar-refractivity contribution in [1.29, 1.82) is 0 Å². The molecule has 176 valence electrons. The molecular weight excluding hydrogens is 417 g/mol. The van der Waals surface area contributed by atoms with Crippen molar-refractivity contribution in [2.45, 2.75) is 46.0 Å². The summed E-state index contributed by atoms with van der Waals surface area (Å²) in [6.45, 7) is 6.06. The van der Waals surface area contributed by atoms with E-state index in [0.717, 1.165) is 30.9 Å². The number of halogens is 1. The van der Waals surface area contributed by atoms with Gasteiger partial charge in [-0.1, -0.05) is 19.4 Å². The first-order valence-corrected chi connectivity index (χ1v) is 11.7. The van der Waals surface area contributed by atoms with Crippen molar-refractivity contribution >= 4 is 28.6 Å². The maximum atomic E-state index is 15.4. The zero-order valence-corrected chi connectivity index (χ0v) is 20.1. The summed E-state index contributed by atoms with van der Waals surface area (Å²) in [5, 5.41) is 3.33. The number of likely N-dealkylation sites (tertiary alicyclic amines) is 1. The Balaban J connectivity index is 1.91. The van der Waals surface area contributed by atoms with E-state index in [2.05, 4.69) is 20.2 Å². The van der Waals surface area contributed by atoms with Crippen LogP contribution in [0.25, 0.3) is 10.9 Å². The standard InChI is InChI=1S/C26H34FN5O/c1-5-10-19(32-14-8-7-9-15-32)17-29-18-30-23-16-21-24(31(4)26(23)33)13-12-20(25(21)27)22(28-3)11-6-2/h5,10,12-13,16-18H,6-9,11,14-15H2,1-4H3,(H,29,30)/b10-5-,19-17+,28-22?. The molecule has 7 heteroatoms. The molecule has 33 heavy (non-hydrogen) atoms. The zero-order chi connectivity index (χ0) is 23.8. The SMILES string of the molecule is C/C=C\C(=C/N=CNc1cc2c(F)c(C(CCC)=NC)ccc2n(C)c1=O)N1CCCCC1. The second kappa shape index (κ2) is 11.6. The van der Waals surface area contributed by atoms with E-state index in [1.54, 1.807) is 38.5 Å². The Morgan fingerprint density at radius 3 is 2.67 bits per heavy atom. The molecule has 1 N–H and O–H groups in total. The van der Waals surface area contributed by atoms with Gasteiger partial charge < -0.3 is 14.8 Å². The monoisotopic (exact) mass is 451 g/mol. The van der Waals surface area contributed by atoms with Gasteiger partial charge in [0.15, 0.2) is 0 Å². The first kappa shape index (κ1) is 24.4. The van der Waals surface area contributed by atoms with Crippen molar-refractivity contribution < 1.29 is 4.39 Å². The van der Waals surface area contributed by atoms with E-state index in [1.165, 1.54) is 30.2 Å². The highest BCUT2D eigenvalue weighted by Crippen LogP contribution is 2.24. The number of aryl methyl sites for hydroxylation is 1. The van der Waals surface area contributed by atoms with E-state index in [4.69, 9.17) is 0 Å². The van der Waals surface area contributed by atoms with Crippen LogP contribution >= 0.6 is 0 Å². The van der Waals surface area contributed by atoms with Gasteiger partial charge >= 0.3 is 0 Å². The number of nitrogens with zero attached hydrogens (tertiary/aromatic N) is 4. The predicted molar refractivity (Wildman–Crippen MR) is 137 cm³/mol. The minimum atomic E-state index is -0.363. The van der Waals surface area contributed by atoms with Crippen LogP contribution in [0.4, 0.5) is 10.1 Å². The molecule has 1 saturated heterocycles. The molecule has 3 rings (SSSR count). The van der Waals surface area contributed by atoms with Gasteiger partial charge in [0.2, 0.25) is 0 Å². The van der Waals surface area contributed by atoms with Crippen LogP contribution in [0.15, 0.2) is 57.0 Å². The van der Waals surface area contributed by atoms with Crippen molar-refractivity contribution in [2.75, 3.05) is 25.5 Å². The van der Waals surface area contributed by atoms with E-state index >= 15 is 4.39 Å².